The summed E-state index contributed by atoms with van der Waals surface area (Å²) < 4.78 is 9.51. The van der Waals surface area contributed by atoms with Crippen molar-refractivity contribution in [2.24, 2.45) is 0 Å². The molecule has 1 aliphatic rings. The Kier molecular flexibility index (Phi) is 10.5. The van der Waals surface area contributed by atoms with E-state index in [-0.39, 0.29) is 25.0 Å². The lowest BCUT2D eigenvalue weighted by Crippen LogP contribution is -2.40. The van der Waals surface area contributed by atoms with Crippen LogP contribution in [0.4, 0.5) is 0 Å². The number of carbonyl (C=O) groups is 2. The van der Waals surface area contributed by atoms with E-state index in [0.717, 1.165) is 26.2 Å². The molecule has 0 amide bonds. The molecule has 24 heavy (non-hydrogen) atoms. The van der Waals surface area contributed by atoms with Crippen molar-refractivity contribution >= 4 is 11.9 Å². The van der Waals surface area contributed by atoms with Crippen LogP contribution >= 0.6 is 0 Å². The molecule has 1 heterocycles. The Balaban J connectivity index is 2.63. The SMILES string of the molecule is COOCCN1CCN(CC(=O)OC)CCN(CC(=O)OC)CC1. The summed E-state index contributed by atoms with van der Waals surface area (Å²) in [6, 6.07) is 0. The van der Waals surface area contributed by atoms with Gasteiger partial charge in [-0.1, -0.05) is 0 Å². The maximum Gasteiger partial charge on any atom is 0.319 e. The molecule has 0 N–H and O–H groups in total. The molecule has 0 bridgehead atoms. The zero-order valence-corrected chi connectivity index (χ0v) is 14.9. The predicted molar refractivity (Wildman–Crippen MR) is 86.3 cm³/mol. The number of nitrogens with zero attached hydrogens (tertiary/aromatic N) is 3. The summed E-state index contributed by atoms with van der Waals surface area (Å²) >= 11 is 0. The molecule has 1 fully saturated rings. The highest BCUT2D eigenvalue weighted by molar-refractivity contribution is 5.71. The maximum atomic E-state index is 11.6. The van der Waals surface area contributed by atoms with E-state index in [1.807, 2.05) is 9.80 Å². The maximum absolute atomic E-state index is 11.6. The first-order chi connectivity index (χ1) is 11.6. The average Bonchev–Trinajstić information content (AvgIpc) is 2.67. The Bertz CT molecular complexity index is 352. The minimum Gasteiger partial charge on any atom is -0.468 e. The number of ether oxygens (including phenoxy) is 2. The summed E-state index contributed by atoms with van der Waals surface area (Å²) in [6.45, 7) is 6.13. The lowest BCUT2D eigenvalue weighted by Gasteiger charge is -2.24. The lowest BCUT2D eigenvalue weighted by atomic mass is 10.4. The van der Waals surface area contributed by atoms with Crippen molar-refractivity contribution in [2.45, 2.75) is 0 Å². The van der Waals surface area contributed by atoms with E-state index in [0.29, 0.717) is 26.2 Å². The van der Waals surface area contributed by atoms with Gasteiger partial charge in [-0.05, 0) is 0 Å². The van der Waals surface area contributed by atoms with Crippen LogP contribution in [0.2, 0.25) is 0 Å². The van der Waals surface area contributed by atoms with Gasteiger partial charge < -0.3 is 9.47 Å². The lowest BCUT2D eigenvalue weighted by molar-refractivity contribution is -0.273. The second kappa shape index (κ2) is 12.2. The number of hydrogen-bond acceptors (Lipinski definition) is 9. The highest BCUT2D eigenvalue weighted by Crippen LogP contribution is 2.02. The Morgan fingerprint density at radius 2 is 1.17 bits per heavy atom. The number of methoxy groups -OCH3 is 2. The Morgan fingerprint density at radius 1 is 0.750 bits per heavy atom. The molecule has 9 nitrogen and oxygen atoms in total. The monoisotopic (exact) mass is 347 g/mol. The fourth-order valence-corrected chi connectivity index (χ4v) is 2.47. The van der Waals surface area contributed by atoms with Crippen molar-refractivity contribution in [3.05, 3.63) is 0 Å². The molecular formula is C15H29N3O6. The third-order valence-corrected chi connectivity index (χ3v) is 3.97. The van der Waals surface area contributed by atoms with E-state index in [9.17, 15) is 9.59 Å². The minimum atomic E-state index is -0.261. The van der Waals surface area contributed by atoms with Gasteiger partial charge in [0, 0.05) is 45.8 Å². The molecular weight excluding hydrogens is 318 g/mol. The van der Waals surface area contributed by atoms with E-state index in [1.54, 1.807) is 0 Å². The van der Waals surface area contributed by atoms with E-state index >= 15 is 0 Å². The molecule has 0 aliphatic carbocycles. The number of hydrogen-bond donors (Lipinski definition) is 0. The van der Waals surface area contributed by atoms with Crippen LogP contribution in [-0.2, 0) is 28.8 Å². The third kappa shape index (κ3) is 8.55. The molecule has 140 valence electrons. The number of esters is 2. The topological polar surface area (TPSA) is 80.8 Å². The van der Waals surface area contributed by atoms with E-state index in [2.05, 4.69) is 9.79 Å². The van der Waals surface area contributed by atoms with Gasteiger partial charge in [-0.15, -0.1) is 0 Å². The van der Waals surface area contributed by atoms with Crippen LogP contribution in [-0.4, -0.2) is 113 Å². The number of rotatable bonds is 8. The smallest absolute Gasteiger partial charge is 0.319 e. The van der Waals surface area contributed by atoms with Crippen molar-refractivity contribution in [2.75, 3.05) is 86.8 Å². The van der Waals surface area contributed by atoms with Crippen LogP contribution in [0.3, 0.4) is 0 Å². The highest BCUT2D eigenvalue weighted by atomic mass is 17.2. The zero-order chi connectivity index (χ0) is 17.8. The van der Waals surface area contributed by atoms with Gasteiger partial charge in [0.1, 0.15) is 0 Å². The second-order valence-corrected chi connectivity index (χ2v) is 5.53. The van der Waals surface area contributed by atoms with E-state index in [1.165, 1.54) is 21.3 Å². The first kappa shape index (κ1) is 20.8. The quantitative estimate of drug-likeness (QED) is 0.233. The molecule has 1 saturated heterocycles. The fraction of sp³-hybridized carbons (Fsp3) is 0.867. The first-order valence-electron chi connectivity index (χ1n) is 8.05. The minimum absolute atomic E-state index is 0.241. The van der Waals surface area contributed by atoms with Crippen LogP contribution in [0.25, 0.3) is 0 Å². The second-order valence-electron chi connectivity index (χ2n) is 5.53. The Labute approximate surface area is 143 Å². The number of carbonyl (C=O) groups excluding carboxylic acids is 2. The Morgan fingerprint density at radius 3 is 1.54 bits per heavy atom. The molecule has 0 unspecified atom stereocenters. The summed E-state index contributed by atoms with van der Waals surface area (Å²) in [5, 5.41) is 0. The average molecular weight is 347 g/mol. The van der Waals surface area contributed by atoms with Crippen molar-refractivity contribution < 1.29 is 28.8 Å². The Hall–Kier alpha value is -1.26. The summed E-state index contributed by atoms with van der Waals surface area (Å²) in [4.78, 5) is 39.0. The van der Waals surface area contributed by atoms with Gasteiger partial charge in [0.2, 0.25) is 0 Å². The molecule has 0 saturated carbocycles. The third-order valence-electron chi connectivity index (χ3n) is 3.97. The van der Waals surface area contributed by atoms with Gasteiger partial charge in [0.15, 0.2) is 0 Å². The van der Waals surface area contributed by atoms with Gasteiger partial charge in [-0.25, -0.2) is 9.78 Å². The van der Waals surface area contributed by atoms with Crippen LogP contribution in [0, 0.1) is 0 Å². The van der Waals surface area contributed by atoms with Gasteiger partial charge in [0.25, 0.3) is 0 Å². The highest BCUT2D eigenvalue weighted by Gasteiger charge is 2.19. The van der Waals surface area contributed by atoms with Crippen molar-refractivity contribution in [3.8, 4) is 0 Å². The molecule has 1 aliphatic heterocycles. The standard InChI is InChI=1S/C15H29N3O6/c1-21-14(19)12-17-6-4-16(10-11-24-23-3)5-7-18(9-8-17)13-15(20)22-2/h4-13H2,1-3H3. The molecule has 9 heteroatoms. The van der Waals surface area contributed by atoms with Gasteiger partial charge in [-0.3, -0.25) is 24.3 Å². The normalized spacial score (nSPS) is 18.5. The van der Waals surface area contributed by atoms with Gasteiger partial charge in [-0.2, -0.15) is 0 Å². The molecule has 0 aromatic rings. The van der Waals surface area contributed by atoms with Crippen molar-refractivity contribution in [1.29, 1.82) is 0 Å². The molecule has 0 spiro atoms. The zero-order valence-electron chi connectivity index (χ0n) is 14.9. The van der Waals surface area contributed by atoms with Crippen LogP contribution in [0.5, 0.6) is 0 Å². The van der Waals surface area contributed by atoms with Gasteiger partial charge in [0.05, 0.1) is 41.0 Å². The van der Waals surface area contributed by atoms with Crippen LogP contribution in [0.1, 0.15) is 0 Å². The van der Waals surface area contributed by atoms with Crippen LogP contribution in [0.15, 0.2) is 0 Å². The summed E-state index contributed by atoms with van der Waals surface area (Å²) in [5.74, 6) is -0.522. The molecule has 1 rings (SSSR count). The molecule has 0 radical (unpaired) electrons. The van der Waals surface area contributed by atoms with Crippen molar-refractivity contribution in [1.82, 2.24) is 14.7 Å². The van der Waals surface area contributed by atoms with Gasteiger partial charge >= 0.3 is 11.9 Å². The molecule has 0 aromatic carbocycles. The molecule has 0 atom stereocenters. The summed E-state index contributed by atoms with van der Waals surface area (Å²) in [5.41, 5.74) is 0. The molecule has 0 aromatic heterocycles. The van der Waals surface area contributed by atoms with E-state index in [4.69, 9.17) is 14.4 Å². The predicted octanol–water partition coefficient (Wildman–Crippen LogP) is -1.17. The van der Waals surface area contributed by atoms with Crippen LogP contribution < -0.4 is 0 Å². The fourth-order valence-electron chi connectivity index (χ4n) is 2.47. The summed E-state index contributed by atoms with van der Waals surface area (Å²) in [7, 11) is 4.25. The van der Waals surface area contributed by atoms with Crippen molar-refractivity contribution in [3.63, 3.8) is 0 Å². The first-order valence-corrected chi connectivity index (χ1v) is 8.05. The summed E-state index contributed by atoms with van der Waals surface area (Å²) in [6.07, 6.45) is 0. The largest absolute Gasteiger partial charge is 0.468 e. The van der Waals surface area contributed by atoms with E-state index < -0.39 is 0 Å².